The maximum Gasteiger partial charge on any atom is 0.254 e. The minimum absolute atomic E-state index is 0.0876. The molecule has 0 fully saturated rings. The number of rotatable bonds is 5. The molecule has 5 rings (SSSR count). The van der Waals surface area contributed by atoms with Crippen LogP contribution in [0.2, 0.25) is 5.02 Å². The van der Waals surface area contributed by atoms with Crippen LogP contribution in [-0.2, 0) is 11.2 Å². The summed E-state index contributed by atoms with van der Waals surface area (Å²) >= 11 is 6.20. The fourth-order valence-electron chi connectivity index (χ4n) is 5.12. The summed E-state index contributed by atoms with van der Waals surface area (Å²) in [5.74, 6) is 0.653. The van der Waals surface area contributed by atoms with E-state index in [0.29, 0.717) is 52.1 Å². The van der Waals surface area contributed by atoms with Crippen LogP contribution >= 0.6 is 11.6 Å². The smallest absolute Gasteiger partial charge is 0.254 e. The van der Waals surface area contributed by atoms with Gasteiger partial charge >= 0.3 is 0 Å². The molecule has 0 saturated carbocycles. The Morgan fingerprint density at radius 2 is 1.66 bits per heavy atom. The number of hydrogen-bond acceptors (Lipinski definition) is 5. The number of halogens is 1. The average molecular weight is 493 g/mol. The molecular formula is C27H25ClN2O5. The standard InChI is InChI=1S/C27H25ClN2O5/c1-33-21-9-8-16(28)13-20(21)29-26(31)24-17-6-4-5-7-18(17)27(32)30-11-10-15-12-22(34-2)23(35-3)14-19(15)25(24)30/h4-9,12-14,24-25H,10-11H2,1-3H3,(H,29,31)/t24-,25-/m1/s1. The molecule has 7 nitrogen and oxygen atoms in total. The first kappa shape index (κ1) is 23.1. The topological polar surface area (TPSA) is 77.1 Å². The van der Waals surface area contributed by atoms with Crippen LogP contribution in [0, 0.1) is 0 Å². The molecule has 3 aromatic carbocycles. The summed E-state index contributed by atoms with van der Waals surface area (Å²) in [5.41, 5.74) is 3.57. The van der Waals surface area contributed by atoms with E-state index in [-0.39, 0.29) is 11.8 Å². The molecule has 0 bridgehead atoms. The van der Waals surface area contributed by atoms with Gasteiger partial charge in [0.05, 0.1) is 39.0 Å². The number of hydrogen-bond donors (Lipinski definition) is 1. The van der Waals surface area contributed by atoms with Gasteiger partial charge in [0.1, 0.15) is 5.75 Å². The Balaban J connectivity index is 1.66. The highest BCUT2D eigenvalue weighted by Gasteiger charge is 2.46. The number of methoxy groups -OCH3 is 3. The molecule has 0 aromatic heterocycles. The van der Waals surface area contributed by atoms with Crippen molar-refractivity contribution in [2.24, 2.45) is 0 Å². The van der Waals surface area contributed by atoms with Crippen molar-refractivity contribution in [3.05, 3.63) is 81.9 Å². The van der Waals surface area contributed by atoms with Crippen molar-refractivity contribution in [1.82, 2.24) is 4.90 Å². The van der Waals surface area contributed by atoms with E-state index >= 15 is 0 Å². The molecule has 0 unspecified atom stereocenters. The normalized spacial score (nSPS) is 18.2. The number of anilines is 1. The highest BCUT2D eigenvalue weighted by atomic mass is 35.5. The Kier molecular flexibility index (Phi) is 6.03. The minimum Gasteiger partial charge on any atom is -0.495 e. The van der Waals surface area contributed by atoms with Gasteiger partial charge in [0.25, 0.3) is 5.91 Å². The number of amides is 2. The highest BCUT2D eigenvalue weighted by Crippen LogP contribution is 2.48. The van der Waals surface area contributed by atoms with Crippen molar-refractivity contribution in [1.29, 1.82) is 0 Å². The summed E-state index contributed by atoms with van der Waals surface area (Å²) in [4.78, 5) is 29.3. The van der Waals surface area contributed by atoms with Crippen molar-refractivity contribution in [3.63, 3.8) is 0 Å². The van der Waals surface area contributed by atoms with Crippen molar-refractivity contribution in [2.45, 2.75) is 18.4 Å². The Morgan fingerprint density at radius 3 is 2.40 bits per heavy atom. The molecule has 0 spiro atoms. The number of carbonyl (C=O) groups excluding carboxylic acids is 2. The van der Waals surface area contributed by atoms with Gasteiger partial charge in [-0.15, -0.1) is 0 Å². The molecule has 2 amide bonds. The van der Waals surface area contributed by atoms with E-state index in [9.17, 15) is 9.59 Å². The lowest BCUT2D eigenvalue weighted by atomic mass is 9.75. The summed E-state index contributed by atoms with van der Waals surface area (Å²) in [6.45, 7) is 0.491. The summed E-state index contributed by atoms with van der Waals surface area (Å²) in [6.07, 6.45) is 0.649. The van der Waals surface area contributed by atoms with Gasteiger partial charge < -0.3 is 24.4 Å². The molecule has 2 atom stereocenters. The number of fused-ring (bicyclic) bond motifs is 4. The van der Waals surface area contributed by atoms with Gasteiger partial charge in [0.15, 0.2) is 11.5 Å². The van der Waals surface area contributed by atoms with Crippen molar-refractivity contribution in [3.8, 4) is 17.2 Å². The minimum atomic E-state index is -0.662. The van der Waals surface area contributed by atoms with Gasteiger partial charge in [-0.3, -0.25) is 9.59 Å². The van der Waals surface area contributed by atoms with Crippen LogP contribution in [0.25, 0.3) is 0 Å². The third kappa shape index (κ3) is 3.86. The molecule has 2 aliphatic rings. The lowest BCUT2D eigenvalue weighted by molar-refractivity contribution is -0.119. The third-order valence-electron chi connectivity index (χ3n) is 6.73. The van der Waals surface area contributed by atoms with E-state index in [0.717, 1.165) is 11.1 Å². The van der Waals surface area contributed by atoms with Crippen molar-refractivity contribution in [2.75, 3.05) is 33.2 Å². The molecule has 0 saturated heterocycles. The Bertz CT molecular complexity index is 1320. The van der Waals surface area contributed by atoms with Crippen LogP contribution in [0.15, 0.2) is 54.6 Å². The van der Waals surface area contributed by atoms with E-state index < -0.39 is 12.0 Å². The number of nitrogens with one attached hydrogen (secondary N) is 1. The predicted molar refractivity (Wildman–Crippen MR) is 133 cm³/mol. The van der Waals surface area contributed by atoms with E-state index in [1.807, 2.05) is 30.3 Å². The van der Waals surface area contributed by atoms with E-state index in [4.69, 9.17) is 25.8 Å². The number of nitrogens with zero attached hydrogens (tertiary/aromatic N) is 1. The highest BCUT2D eigenvalue weighted by molar-refractivity contribution is 6.31. The molecule has 8 heteroatoms. The van der Waals surface area contributed by atoms with Crippen molar-refractivity contribution < 1.29 is 23.8 Å². The van der Waals surface area contributed by atoms with Crippen LogP contribution < -0.4 is 19.5 Å². The quantitative estimate of drug-likeness (QED) is 0.551. The fraction of sp³-hybridized carbons (Fsp3) is 0.259. The second-order valence-corrected chi connectivity index (χ2v) is 8.93. The average Bonchev–Trinajstić information content (AvgIpc) is 2.88. The largest absolute Gasteiger partial charge is 0.495 e. The summed E-state index contributed by atoms with van der Waals surface area (Å²) in [6, 6.07) is 15.6. The van der Waals surface area contributed by atoms with Crippen LogP contribution in [-0.4, -0.2) is 44.6 Å². The number of ether oxygens (including phenoxy) is 3. The van der Waals surface area contributed by atoms with Gasteiger partial charge in [0.2, 0.25) is 5.91 Å². The van der Waals surface area contributed by atoms with Crippen molar-refractivity contribution >= 4 is 29.1 Å². The zero-order valence-corrected chi connectivity index (χ0v) is 20.4. The van der Waals surface area contributed by atoms with E-state index in [1.165, 1.54) is 7.11 Å². The Hall–Kier alpha value is -3.71. The first-order valence-corrected chi connectivity index (χ1v) is 11.6. The summed E-state index contributed by atoms with van der Waals surface area (Å²) in [5, 5.41) is 3.47. The number of benzene rings is 3. The molecule has 0 aliphatic carbocycles. The molecule has 2 heterocycles. The van der Waals surface area contributed by atoms with Gasteiger partial charge in [-0.2, -0.15) is 0 Å². The number of carbonyl (C=O) groups is 2. The van der Waals surface area contributed by atoms with Gasteiger partial charge in [-0.25, -0.2) is 0 Å². The lowest BCUT2D eigenvalue weighted by Gasteiger charge is -2.45. The zero-order valence-electron chi connectivity index (χ0n) is 19.6. The second kappa shape index (κ2) is 9.15. The first-order chi connectivity index (χ1) is 17.0. The van der Waals surface area contributed by atoms with Gasteiger partial charge in [-0.05, 0) is 59.5 Å². The van der Waals surface area contributed by atoms with Crippen LogP contribution in [0.1, 0.15) is 39.0 Å². The SMILES string of the molecule is COc1ccc(Cl)cc1NC(=O)[C@@H]1c2ccccc2C(=O)N2CCc3cc(OC)c(OC)cc3[C@H]12. The molecule has 3 aromatic rings. The fourth-order valence-corrected chi connectivity index (χ4v) is 5.30. The summed E-state index contributed by atoms with van der Waals surface area (Å²) in [7, 11) is 4.70. The van der Waals surface area contributed by atoms with Gasteiger partial charge in [-0.1, -0.05) is 29.8 Å². The van der Waals surface area contributed by atoms with Gasteiger partial charge in [0, 0.05) is 17.1 Å². The zero-order chi connectivity index (χ0) is 24.7. The van der Waals surface area contributed by atoms with Crippen LogP contribution in [0.4, 0.5) is 5.69 Å². The first-order valence-electron chi connectivity index (χ1n) is 11.3. The molecular weight excluding hydrogens is 468 g/mol. The summed E-state index contributed by atoms with van der Waals surface area (Å²) < 4.78 is 16.5. The maximum absolute atomic E-state index is 14.0. The molecule has 2 aliphatic heterocycles. The molecule has 180 valence electrons. The molecule has 35 heavy (non-hydrogen) atoms. The monoisotopic (exact) mass is 492 g/mol. The lowest BCUT2D eigenvalue weighted by Crippen LogP contribution is -2.49. The molecule has 0 radical (unpaired) electrons. The Labute approximate surface area is 208 Å². The Morgan fingerprint density at radius 1 is 0.943 bits per heavy atom. The maximum atomic E-state index is 14.0. The van der Waals surface area contributed by atoms with E-state index in [2.05, 4.69) is 5.32 Å². The predicted octanol–water partition coefficient (Wildman–Crippen LogP) is 4.84. The molecule has 1 N–H and O–H groups in total. The van der Waals surface area contributed by atoms with Crippen LogP contribution in [0.3, 0.4) is 0 Å². The third-order valence-corrected chi connectivity index (χ3v) is 6.96. The van der Waals surface area contributed by atoms with Crippen LogP contribution in [0.5, 0.6) is 17.2 Å². The second-order valence-electron chi connectivity index (χ2n) is 8.50. The van der Waals surface area contributed by atoms with E-state index in [1.54, 1.807) is 43.4 Å².